The number of furan rings is 1. The summed E-state index contributed by atoms with van der Waals surface area (Å²) < 4.78 is 5.22. The molecule has 0 bridgehead atoms. The molecule has 15 heavy (non-hydrogen) atoms. The van der Waals surface area contributed by atoms with Crippen molar-refractivity contribution in [3.8, 4) is 0 Å². The zero-order valence-electron chi connectivity index (χ0n) is 9.14. The van der Waals surface area contributed by atoms with Crippen LogP contribution in [0.2, 0.25) is 0 Å². The van der Waals surface area contributed by atoms with Crippen molar-refractivity contribution < 1.29 is 14.3 Å². The molecule has 0 saturated carbocycles. The SMILES string of the molecule is CCN(Cc1ccco1)CC(C)C(=O)O. The summed E-state index contributed by atoms with van der Waals surface area (Å²) in [6.07, 6.45) is 1.63. The molecule has 1 rings (SSSR count). The molecule has 1 N–H and O–H groups in total. The number of hydrogen-bond donors (Lipinski definition) is 1. The average Bonchev–Trinajstić information content (AvgIpc) is 2.69. The van der Waals surface area contributed by atoms with Crippen molar-refractivity contribution in [2.75, 3.05) is 13.1 Å². The van der Waals surface area contributed by atoms with Crippen LogP contribution in [0.4, 0.5) is 0 Å². The Bertz CT molecular complexity index is 295. The first-order valence-electron chi connectivity index (χ1n) is 5.11. The Hall–Kier alpha value is -1.29. The van der Waals surface area contributed by atoms with E-state index in [0.717, 1.165) is 12.3 Å². The molecule has 0 aromatic carbocycles. The number of nitrogens with zero attached hydrogens (tertiary/aromatic N) is 1. The summed E-state index contributed by atoms with van der Waals surface area (Å²) in [5, 5.41) is 8.80. The lowest BCUT2D eigenvalue weighted by Gasteiger charge is -2.21. The van der Waals surface area contributed by atoms with Gasteiger partial charge in [0.15, 0.2) is 0 Å². The lowest BCUT2D eigenvalue weighted by atomic mass is 10.1. The summed E-state index contributed by atoms with van der Waals surface area (Å²) in [7, 11) is 0. The van der Waals surface area contributed by atoms with Crippen molar-refractivity contribution in [3.05, 3.63) is 24.2 Å². The van der Waals surface area contributed by atoms with Crippen LogP contribution in [-0.2, 0) is 11.3 Å². The summed E-state index contributed by atoms with van der Waals surface area (Å²) in [6.45, 7) is 5.76. The van der Waals surface area contributed by atoms with Gasteiger partial charge in [-0.3, -0.25) is 9.69 Å². The van der Waals surface area contributed by atoms with E-state index >= 15 is 0 Å². The molecule has 1 heterocycles. The first-order chi connectivity index (χ1) is 7.13. The molecule has 0 saturated heterocycles. The second kappa shape index (κ2) is 5.56. The van der Waals surface area contributed by atoms with E-state index in [0.29, 0.717) is 13.1 Å². The van der Waals surface area contributed by atoms with Gasteiger partial charge in [0.05, 0.1) is 18.7 Å². The summed E-state index contributed by atoms with van der Waals surface area (Å²) in [5.74, 6) is -0.234. The Balaban J connectivity index is 2.46. The van der Waals surface area contributed by atoms with E-state index in [1.54, 1.807) is 13.2 Å². The van der Waals surface area contributed by atoms with Gasteiger partial charge in [-0.05, 0) is 18.7 Å². The monoisotopic (exact) mass is 211 g/mol. The van der Waals surface area contributed by atoms with Crippen molar-refractivity contribution in [2.24, 2.45) is 5.92 Å². The summed E-state index contributed by atoms with van der Waals surface area (Å²) in [6, 6.07) is 3.73. The number of carboxylic acid groups (broad SMARTS) is 1. The molecule has 0 aliphatic carbocycles. The van der Waals surface area contributed by atoms with Gasteiger partial charge in [-0.15, -0.1) is 0 Å². The molecule has 0 aliphatic heterocycles. The van der Waals surface area contributed by atoms with Crippen molar-refractivity contribution in [1.82, 2.24) is 4.90 Å². The molecule has 1 unspecified atom stereocenters. The molecule has 4 nitrogen and oxygen atoms in total. The minimum atomic E-state index is -0.757. The maximum atomic E-state index is 10.7. The van der Waals surface area contributed by atoms with Gasteiger partial charge in [-0.2, -0.15) is 0 Å². The number of aliphatic carboxylic acids is 1. The van der Waals surface area contributed by atoms with E-state index in [-0.39, 0.29) is 5.92 Å². The van der Waals surface area contributed by atoms with Crippen molar-refractivity contribution in [3.63, 3.8) is 0 Å². The Labute approximate surface area is 89.5 Å². The molecule has 84 valence electrons. The fraction of sp³-hybridized carbons (Fsp3) is 0.545. The lowest BCUT2D eigenvalue weighted by molar-refractivity contribution is -0.141. The van der Waals surface area contributed by atoms with Gasteiger partial charge < -0.3 is 9.52 Å². The predicted molar refractivity (Wildman–Crippen MR) is 56.5 cm³/mol. The first-order valence-corrected chi connectivity index (χ1v) is 5.11. The van der Waals surface area contributed by atoms with E-state index in [1.807, 2.05) is 19.1 Å². The highest BCUT2D eigenvalue weighted by Gasteiger charge is 2.15. The number of carboxylic acids is 1. The molecule has 1 aromatic heterocycles. The number of rotatable bonds is 6. The molecule has 1 aromatic rings. The van der Waals surface area contributed by atoms with Crippen LogP contribution in [0.3, 0.4) is 0 Å². The minimum Gasteiger partial charge on any atom is -0.481 e. The molecule has 0 amide bonds. The smallest absolute Gasteiger partial charge is 0.307 e. The van der Waals surface area contributed by atoms with Crippen molar-refractivity contribution in [1.29, 1.82) is 0 Å². The highest BCUT2D eigenvalue weighted by Crippen LogP contribution is 2.07. The normalized spacial score (nSPS) is 13.0. The zero-order chi connectivity index (χ0) is 11.3. The fourth-order valence-electron chi connectivity index (χ4n) is 1.39. The van der Waals surface area contributed by atoms with E-state index < -0.39 is 5.97 Å². The number of hydrogen-bond acceptors (Lipinski definition) is 3. The molecule has 0 spiro atoms. The van der Waals surface area contributed by atoms with Crippen LogP contribution in [0, 0.1) is 5.92 Å². The maximum absolute atomic E-state index is 10.7. The fourth-order valence-corrected chi connectivity index (χ4v) is 1.39. The zero-order valence-corrected chi connectivity index (χ0v) is 9.14. The van der Waals surface area contributed by atoms with E-state index in [1.165, 1.54) is 0 Å². The Morgan fingerprint density at radius 1 is 1.67 bits per heavy atom. The van der Waals surface area contributed by atoms with Gasteiger partial charge in [-0.25, -0.2) is 0 Å². The average molecular weight is 211 g/mol. The maximum Gasteiger partial charge on any atom is 0.307 e. The second-order valence-electron chi connectivity index (χ2n) is 3.65. The number of carbonyl (C=O) groups is 1. The second-order valence-corrected chi connectivity index (χ2v) is 3.65. The van der Waals surface area contributed by atoms with Crippen LogP contribution < -0.4 is 0 Å². The Morgan fingerprint density at radius 2 is 2.40 bits per heavy atom. The molecular weight excluding hydrogens is 194 g/mol. The van der Waals surface area contributed by atoms with Crippen LogP contribution in [0.25, 0.3) is 0 Å². The van der Waals surface area contributed by atoms with Crippen LogP contribution >= 0.6 is 0 Å². The van der Waals surface area contributed by atoms with Crippen molar-refractivity contribution in [2.45, 2.75) is 20.4 Å². The largest absolute Gasteiger partial charge is 0.481 e. The van der Waals surface area contributed by atoms with Crippen LogP contribution in [0.1, 0.15) is 19.6 Å². The highest BCUT2D eigenvalue weighted by atomic mass is 16.4. The van der Waals surface area contributed by atoms with Crippen LogP contribution in [0.15, 0.2) is 22.8 Å². The highest BCUT2D eigenvalue weighted by molar-refractivity contribution is 5.69. The third-order valence-electron chi connectivity index (χ3n) is 2.36. The third-order valence-corrected chi connectivity index (χ3v) is 2.36. The van der Waals surface area contributed by atoms with Gasteiger partial charge in [0.1, 0.15) is 5.76 Å². The molecule has 0 radical (unpaired) electrons. The topological polar surface area (TPSA) is 53.7 Å². The van der Waals surface area contributed by atoms with Gasteiger partial charge in [0.2, 0.25) is 0 Å². The molecular formula is C11H17NO3. The summed E-state index contributed by atoms with van der Waals surface area (Å²) in [5.41, 5.74) is 0. The third kappa shape index (κ3) is 3.75. The minimum absolute atomic E-state index is 0.347. The van der Waals surface area contributed by atoms with E-state index in [4.69, 9.17) is 9.52 Å². The van der Waals surface area contributed by atoms with Gasteiger partial charge in [-0.1, -0.05) is 13.8 Å². The van der Waals surface area contributed by atoms with Gasteiger partial charge in [0, 0.05) is 6.54 Å². The predicted octanol–water partition coefficient (Wildman–Crippen LogP) is 1.82. The summed E-state index contributed by atoms with van der Waals surface area (Å²) in [4.78, 5) is 12.8. The Morgan fingerprint density at radius 3 is 2.87 bits per heavy atom. The molecule has 0 aliphatic rings. The quantitative estimate of drug-likeness (QED) is 0.779. The van der Waals surface area contributed by atoms with Crippen molar-refractivity contribution >= 4 is 5.97 Å². The first kappa shape index (κ1) is 11.8. The summed E-state index contributed by atoms with van der Waals surface area (Å²) >= 11 is 0. The molecule has 0 fully saturated rings. The molecule has 1 atom stereocenters. The van der Waals surface area contributed by atoms with Crippen LogP contribution in [-0.4, -0.2) is 29.1 Å². The van der Waals surface area contributed by atoms with Gasteiger partial charge >= 0.3 is 5.97 Å². The lowest BCUT2D eigenvalue weighted by Crippen LogP contribution is -2.31. The van der Waals surface area contributed by atoms with E-state index in [9.17, 15) is 4.79 Å². The molecule has 4 heteroatoms. The van der Waals surface area contributed by atoms with Gasteiger partial charge in [0.25, 0.3) is 0 Å². The Kier molecular flexibility index (Phi) is 4.37. The standard InChI is InChI=1S/C11H17NO3/c1-3-12(7-9(2)11(13)14)8-10-5-4-6-15-10/h4-6,9H,3,7-8H2,1-2H3,(H,13,14). The van der Waals surface area contributed by atoms with E-state index in [2.05, 4.69) is 4.90 Å². The van der Waals surface area contributed by atoms with Crippen LogP contribution in [0.5, 0.6) is 0 Å².